The molecule has 0 bridgehead atoms. The summed E-state index contributed by atoms with van der Waals surface area (Å²) in [7, 11) is 2.14. The van der Waals surface area contributed by atoms with E-state index in [2.05, 4.69) is 48.1 Å². The van der Waals surface area contributed by atoms with E-state index in [1.807, 2.05) is 30.5 Å². The van der Waals surface area contributed by atoms with Crippen molar-refractivity contribution in [1.29, 1.82) is 0 Å². The van der Waals surface area contributed by atoms with Gasteiger partial charge in [-0.05, 0) is 50.4 Å². The van der Waals surface area contributed by atoms with Gasteiger partial charge in [-0.3, -0.25) is 0 Å². The van der Waals surface area contributed by atoms with Crippen LogP contribution in [0.5, 0.6) is 6.01 Å². The number of benzene rings is 1. The van der Waals surface area contributed by atoms with Gasteiger partial charge in [-0.2, -0.15) is 19.6 Å². The van der Waals surface area contributed by atoms with Crippen molar-refractivity contribution in [2.24, 2.45) is 0 Å². The van der Waals surface area contributed by atoms with E-state index in [1.54, 1.807) is 4.52 Å². The number of rotatable bonds is 6. The number of ether oxygens (including phenoxy) is 1. The number of aromatic nitrogens is 4. The lowest BCUT2D eigenvalue weighted by molar-refractivity contribution is 0.105. The van der Waals surface area contributed by atoms with Gasteiger partial charge in [0.1, 0.15) is 6.10 Å². The van der Waals surface area contributed by atoms with Crippen LogP contribution in [0.25, 0.3) is 5.65 Å². The van der Waals surface area contributed by atoms with Crippen molar-refractivity contribution in [3.05, 3.63) is 46.6 Å². The molecule has 0 spiro atoms. The van der Waals surface area contributed by atoms with E-state index >= 15 is 0 Å². The predicted molar refractivity (Wildman–Crippen MR) is 120 cm³/mol. The molecule has 160 valence electrons. The molecule has 0 amide bonds. The third kappa shape index (κ3) is 4.52. The summed E-state index contributed by atoms with van der Waals surface area (Å²) in [6, 6.07) is 8.23. The molecule has 8 heteroatoms. The average molecular weight is 429 g/mol. The van der Waals surface area contributed by atoms with E-state index in [4.69, 9.17) is 21.3 Å². The fraction of sp³-hybridized carbons (Fsp3) is 0.500. The predicted octanol–water partition coefficient (Wildman–Crippen LogP) is 4.55. The highest BCUT2D eigenvalue weighted by Gasteiger charge is 2.22. The van der Waals surface area contributed by atoms with Crippen LogP contribution in [0.15, 0.2) is 30.5 Å². The third-order valence-electron chi connectivity index (χ3n) is 5.65. The number of nitrogens with one attached hydrogen (secondary N) is 1. The average Bonchev–Trinajstić information content (AvgIpc) is 3.15. The van der Waals surface area contributed by atoms with Gasteiger partial charge >= 0.3 is 6.01 Å². The Balaban J connectivity index is 1.65. The van der Waals surface area contributed by atoms with Crippen LogP contribution in [0, 0.1) is 0 Å². The van der Waals surface area contributed by atoms with Crippen LogP contribution in [0.4, 0.5) is 5.95 Å². The van der Waals surface area contributed by atoms with Crippen LogP contribution in [-0.4, -0.2) is 50.7 Å². The van der Waals surface area contributed by atoms with Gasteiger partial charge < -0.3 is 15.0 Å². The lowest BCUT2D eigenvalue weighted by atomic mass is 10.1. The summed E-state index contributed by atoms with van der Waals surface area (Å²) in [6.45, 7) is 8.41. The Labute approximate surface area is 182 Å². The number of hydrogen-bond donors (Lipinski definition) is 1. The van der Waals surface area contributed by atoms with Gasteiger partial charge in [-0.15, -0.1) is 0 Å². The first kappa shape index (κ1) is 20.9. The van der Waals surface area contributed by atoms with Gasteiger partial charge in [0.05, 0.1) is 12.2 Å². The SMILES string of the molecule is CC(C)c1cnn2c(NC(C)c3ccc(Cl)cc3)nc(OC3CCN(C)CC3)nc12. The van der Waals surface area contributed by atoms with E-state index in [9.17, 15) is 0 Å². The zero-order chi connectivity index (χ0) is 21.3. The molecular formula is C22H29ClN6O. The number of likely N-dealkylation sites (tertiary alicyclic amines) is 1. The van der Waals surface area contributed by atoms with E-state index < -0.39 is 0 Å². The molecule has 1 saturated heterocycles. The largest absolute Gasteiger partial charge is 0.460 e. The molecule has 1 aliphatic rings. The normalized spacial score (nSPS) is 16.9. The molecule has 1 atom stereocenters. The second kappa shape index (κ2) is 8.78. The monoisotopic (exact) mass is 428 g/mol. The summed E-state index contributed by atoms with van der Waals surface area (Å²) in [5.41, 5.74) is 2.97. The summed E-state index contributed by atoms with van der Waals surface area (Å²) in [4.78, 5) is 11.7. The molecule has 1 fully saturated rings. The van der Waals surface area contributed by atoms with Crippen LogP contribution in [0.3, 0.4) is 0 Å². The van der Waals surface area contributed by atoms with Crippen LogP contribution in [-0.2, 0) is 0 Å². The van der Waals surface area contributed by atoms with Gasteiger partial charge in [0.15, 0.2) is 5.65 Å². The molecule has 2 aromatic heterocycles. The number of nitrogens with zero attached hydrogens (tertiary/aromatic N) is 5. The molecule has 4 rings (SSSR count). The lowest BCUT2D eigenvalue weighted by Crippen LogP contribution is -2.36. The number of halogens is 1. The minimum atomic E-state index is 0.0169. The Bertz CT molecular complexity index is 995. The number of hydrogen-bond acceptors (Lipinski definition) is 6. The first-order chi connectivity index (χ1) is 14.4. The van der Waals surface area contributed by atoms with Crippen molar-refractivity contribution in [3.63, 3.8) is 0 Å². The minimum absolute atomic E-state index is 0.0169. The molecule has 7 nitrogen and oxygen atoms in total. The Hall–Kier alpha value is -2.38. The van der Waals surface area contributed by atoms with Crippen molar-refractivity contribution in [2.45, 2.75) is 51.7 Å². The Morgan fingerprint density at radius 3 is 2.47 bits per heavy atom. The summed E-state index contributed by atoms with van der Waals surface area (Å²) < 4.78 is 7.98. The van der Waals surface area contributed by atoms with E-state index in [0.717, 1.165) is 47.7 Å². The van der Waals surface area contributed by atoms with Crippen LogP contribution in [0.2, 0.25) is 5.02 Å². The molecule has 0 aliphatic carbocycles. The maximum absolute atomic E-state index is 6.21. The topological polar surface area (TPSA) is 67.6 Å². The van der Waals surface area contributed by atoms with Crippen molar-refractivity contribution in [3.8, 4) is 6.01 Å². The number of piperidine rings is 1. The van der Waals surface area contributed by atoms with Crippen molar-refractivity contribution >= 4 is 23.2 Å². The fourth-order valence-corrected chi connectivity index (χ4v) is 3.83. The van der Waals surface area contributed by atoms with Crippen molar-refractivity contribution in [2.75, 3.05) is 25.5 Å². The van der Waals surface area contributed by atoms with Gasteiger partial charge in [0.25, 0.3) is 0 Å². The van der Waals surface area contributed by atoms with Gasteiger partial charge in [0.2, 0.25) is 5.95 Å². The van der Waals surface area contributed by atoms with E-state index in [-0.39, 0.29) is 12.1 Å². The van der Waals surface area contributed by atoms with Crippen LogP contribution >= 0.6 is 11.6 Å². The van der Waals surface area contributed by atoms with Gasteiger partial charge in [-0.1, -0.05) is 37.6 Å². The smallest absolute Gasteiger partial charge is 0.322 e. The second-order valence-electron chi connectivity index (χ2n) is 8.36. The molecule has 1 aromatic carbocycles. The Morgan fingerprint density at radius 2 is 1.80 bits per heavy atom. The summed E-state index contributed by atoms with van der Waals surface area (Å²) in [5.74, 6) is 0.924. The molecule has 30 heavy (non-hydrogen) atoms. The number of fused-ring (bicyclic) bond motifs is 1. The standard InChI is InChI=1S/C22H29ClN6O/c1-14(2)19-13-24-29-20(19)26-22(30-18-9-11-28(4)12-10-18)27-21(29)25-15(3)16-5-7-17(23)8-6-16/h5-8,13-15,18H,9-12H2,1-4H3,(H,25,26,27). The van der Waals surface area contributed by atoms with Crippen molar-refractivity contribution < 1.29 is 4.74 Å². The van der Waals surface area contributed by atoms with Crippen LogP contribution < -0.4 is 10.1 Å². The number of anilines is 1. The van der Waals surface area contributed by atoms with Crippen LogP contribution in [0.1, 0.15) is 56.7 Å². The molecule has 0 radical (unpaired) electrons. The zero-order valence-electron chi connectivity index (χ0n) is 18.0. The molecule has 0 saturated carbocycles. The van der Waals surface area contributed by atoms with E-state index in [1.165, 1.54) is 0 Å². The third-order valence-corrected chi connectivity index (χ3v) is 5.90. The fourth-order valence-electron chi connectivity index (χ4n) is 3.71. The highest BCUT2D eigenvalue weighted by Crippen LogP contribution is 2.26. The Morgan fingerprint density at radius 1 is 1.10 bits per heavy atom. The quantitative estimate of drug-likeness (QED) is 0.621. The maximum atomic E-state index is 6.21. The molecule has 1 N–H and O–H groups in total. The minimum Gasteiger partial charge on any atom is -0.460 e. The summed E-state index contributed by atoms with van der Waals surface area (Å²) >= 11 is 6.03. The molecular weight excluding hydrogens is 400 g/mol. The second-order valence-corrected chi connectivity index (χ2v) is 8.79. The lowest BCUT2D eigenvalue weighted by Gasteiger charge is -2.28. The highest BCUT2D eigenvalue weighted by molar-refractivity contribution is 6.30. The van der Waals surface area contributed by atoms with Gasteiger partial charge in [0, 0.05) is 23.7 Å². The molecule has 3 heterocycles. The molecule has 3 aromatic rings. The van der Waals surface area contributed by atoms with Gasteiger partial charge in [-0.25, -0.2) is 0 Å². The first-order valence-electron chi connectivity index (χ1n) is 10.5. The zero-order valence-corrected chi connectivity index (χ0v) is 18.7. The van der Waals surface area contributed by atoms with Crippen molar-refractivity contribution in [1.82, 2.24) is 24.5 Å². The highest BCUT2D eigenvalue weighted by atomic mass is 35.5. The summed E-state index contributed by atoms with van der Waals surface area (Å²) in [6.07, 6.45) is 3.96. The maximum Gasteiger partial charge on any atom is 0.322 e. The molecule has 1 unspecified atom stereocenters. The van der Waals surface area contributed by atoms with E-state index in [0.29, 0.717) is 17.9 Å². The Kier molecular flexibility index (Phi) is 6.11. The summed E-state index contributed by atoms with van der Waals surface area (Å²) in [5, 5.41) is 8.74. The molecule has 1 aliphatic heterocycles. The first-order valence-corrected chi connectivity index (χ1v) is 10.9.